The second-order valence-electron chi connectivity index (χ2n) is 27.9. The third kappa shape index (κ3) is 10.2. The van der Waals surface area contributed by atoms with E-state index in [0.29, 0.717) is 0 Å². The molecule has 3 aliphatic rings. The van der Waals surface area contributed by atoms with Gasteiger partial charge in [0.15, 0.2) is 0 Å². The van der Waals surface area contributed by atoms with Crippen molar-refractivity contribution in [2.75, 3.05) is 0 Å². The van der Waals surface area contributed by atoms with Crippen LogP contribution in [0.5, 0.6) is 0 Å². The van der Waals surface area contributed by atoms with Crippen molar-refractivity contribution < 1.29 is 16.4 Å². The second-order valence-corrected chi connectivity index (χ2v) is 70.6. The van der Waals surface area contributed by atoms with E-state index in [2.05, 4.69) is 235 Å². The summed E-state index contributed by atoms with van der Waals surface area (Å²) >= 11 is -5.92. The zero-order valence-corrected chi connectivity index (χ0v) is 59.4. The van der Waals surface area contributed by atoms with E-state index in [1.54, 1.807) is 20.7 Å². The molecule has 401 valence electrons. The van der Waals surface area contributed by atoms with Crippen LogP contribution in [0.1, 0.15) is 108 Å². The molecule has 0 N–H and O–H groups in total. The molecule has 4 atom stereocenters. The van der Waals surface area contributed by atoms with Crippen molar-refractivity contribution in [2.45, 2.75) is 166 Å². The van der Waals surface area contributed by atoms with Crippen LogP contribution in [0.4, 0.5) is 0 Å². The topological polar surface area (TPSA) is 0 Å². The Labute approximate surface area is 476 Å². The first-order valence-electron chi connectivity index (χ1n) is 29.4. The van der Waals surface area contributed by atoms with Crippen molar-refractivity contribution in [1.29, 1.82) is 0 Å². The first kappa shape index (κ1) is 58.0. The van der Waals surface area contributed by atoms with Crippen LogP contribution in [-0.2, 0) is 29.2 Å². The molecule has 6 aromatic rings. The first-order valence-corrected chi connectivity index (χ1v) is 55.2. The molecule has 76 heavy (non-hydrogen) atoms. The van der Waals surface area contributed by atoms with Gasteiger partial charge in [0.25, 0.3) is 0 Å². The average molecular weight is 1210 g/mol. The van der Waals surface area contributed by atoms with Gasteiger partial charge in [-0.25, -0.2) is 0 Å². The molecule has 0 amide bonds. The van der Waals surface area contributed by atoms with E-state index >= 15 is 0 Å². The van der Waals surface area contributed by atoms with Crippen LogP contribution in [0.25, 0.3) is 45.5 Å². The summed E-state index contributed by atoms with van der Waals surface area (Å²) in [6.45, 7) is 44.8. The summed E-state index contributed by atoms with van der Waals surface area (Å²) in [5, 5.41) is 9.26. The number of hydrogen-bond acceptors (Lipinski definition) is 0. The standard InChI is InChI=1S/2C28H41Si2.C12H9Si.2ClH.Zr/c2*1-10-12-21-13-14-22-15-23(20(3)11-2)18-27(22)28(21)24-16-25(29(4,5)6)19-26(17-24)30(7,8)9;1-3-7-11-9(5-1)10-6-2-4-8-12(10)13-11;;;/h2*13-20H,10-12H2,1-9H3;1-7H,13H2;2*1H;/q;;;;;+2/p-2. The Balaban J connectivity index is 1.44. The van der Waals surface area contributed by atoms with Crippen molar-refractivity contribution in [3.05, 3.63) is 148 Å². The summed E-state index contributed by atoms with van der Waals surface area (Å²) in [7, 11) is 12.0. The molecule has 0 bridgehead atoms. The third-order valence-corrected chi connectivity index (χ3v) is 49.1. The summed E-state index contributed by atoms with van der Waals surface area (Å²) < 4.78 is 1.09. The monoisotopic (exact) mass is 1210 g/mol. The Morgan fingerprint density at radius 3 is 1.26 bits per heavy atom. The molecule has 1 heterocycles. The Morgan fingerprint density at radius 2 is 0.882 bits per heavy atom. The Bertz CT molecular complexity index is 3080. The Morgan fingerprint density at radius 1 is 0.487 bits per heavy atom. The van der Waals surface area contributed by atoms with E-state index in [1.165, 1.54) is 91.6 Å². The van der Waals surface area contributed by atoms with E-state index in [-0.39, 0.29) is 19.1 Å². The fourth-order valence-electron chi connectivity index (χ4n) is 13.5. The summed E-state index contributed by atoms with van der Waals surface area (Å²) in [4.78, 5) is 0. The molecule has 6 aromatic carbocycles. The van der Waals surface area contributed by atoms with Gasteiger partial charge < -0.3 is 0 Å². The van der Waals surface area contributed by atoms with E-state index in [1.807, 2.05) is 0 Å². The molecule has 1 aliphatic heterocycles. The van der Waals surface area contributed by atoms with E-state index in [4.69, 9.17) is 0 Å². The van der Waals surface area contributed by atoms with E-state index < -0.39 is 58.2 Å². The van der Waals surface area contributed by atoms with Gasteiger partial charge in [0.2, 0.25) is 0 Å². The zero-order chi connectivity index (χ0) is 55.3. The maximum atomic E-state index is 9.88. The molecule has 4 unspecified atom stereocenters. The number of fused-ring (bicyclic) bond motifs is 5. The molecule has 0 nitrogen and oxygen atoms in total. The number of rotatable bonds is 17. The SMILES string of the molecule is CCCc1ccc2c(c1-c1cc([Si](C)(C)C)cc([Si](C)(C)C)c1)C=C(C(C)CC)[CH]2[Zr]([Cl])([Cl])([c]1cccc2c1[SiH2]c1ccccc1-2)[CH]1C(C(C)CC)=Cc2c1ccc(CCC)c2-c1cc([Si](C)(C)C)cc([Si](C)(C)C)c1. The number of halogens is 2. The maximum absolute atomic E-state index is 9.88. The fourth-order valence-corrected chi connectivity index (χ4v) is 46.5. The molecule has 2 aliphatic carbocycles. The fraction of sp³-hybridized carbons (Fsp3) is 0.412. The van der Waals surface area contributed by atoms with Gasteiger partial charge in [-0.15, -0.1) is 0 Å². The van der Waals surface area contributed by atoms with Gasteiger partial charge in [-0.2, -0.15) is 0 Å². The van der Waals surface area contributed by atoms with Crippen molar-refractivity contribution in [3.63, 3.8) is 0 Å². The predicted molar refractivity (Wildman–Crippen MR) is 355 cm³/mol. The van der Waals surface area contributed by atoms with Gasteiger partial charge >= 0.3 is 481 Å². The third-order valence-electron chi connectivity index (χ3n) is 18.4. The summed E-state index contributed by atoms with van der Waals surface area (Å²) in [5.41, 5.74) is 19.8. The Hall–Kier alpha value is -2.65. The molecule has 9 rings (SSSR count). The summed E-state index contributed by atoms with van der Waals surface area (Å²) in [6, 6.07) is 42.3. The van der Waals surface area contributed by atoms with Crippen LogP contribution in [0.2, 0.25) is 78.6 Å². The van der Waals surface area contributed by atoms with Crippen LogP contribution in [0.15, 0.2) is 114 Å². The number of aryl methyl sites for hydroxylation is 2. The number of allylic oxidation sites excluding steroid dienone is 2. The van der Waals surface area contributed by atoms with Crippen LogP contribution < -0.4 is 34.4 Å². The van der Waals surface area contributed by atoms with Gasteiger partial charge in [-0.1, -0.05) is 0 Å². The van der Waals surface area contributed by atoms with Gasteiger partial charge in [-0.3, -0.25) is 0 Å². The molecule has 0 aromatic heterocycles. The van der Waals surface area contributed by atoms with E-state index in [9.17, 15) is 17.0 Å². The Kier molecular flexibility index (Phi) is 16.1. The van der Waals surface area contributed by atoms with Crippen molar-refractivity contribution in [2.24, 2.45) is 11.8 Å². The van der Waals surface area contributed by atoms with Crippen molar-refractivity contribution in [1.82, 2.24) is 0 Å². The van der Waals surface area contributed by atoms with Crippen LogP contribution in [0.3, 0.4) is 0 Å². The first-order chi connectivity index (χ1) is 35.6. The van der Waals surface area contributed by atoms with Gasteiger partial charge in [0.05, 0.1) is 0 Å². The molecule has 0 saturated carbocycles. The van der Waals surface area contributed by atoms with Crippen LogP contribution in [-0.4, -0.2) is 41.8 Å². The van der Waals surface area contributed by atoms with Gasteiger partial charge in [0.1, 0.15) is 0 Å². The molecule has 0 spiro atoms. The zero-order valence-electron chi connectivity index (χ0n) is 50.0. The average Bonchev–Trinajstić information content (AvgIpc) is 4.27. The van der Waals surface area contributed by atoms with Gasteiger partial charge in [-0.05, 0) is 0 Å². The molecule has 0 fully saturated rings. The van der Waals surface area contributed by atoms with Crippen LogP contribution >= 0.6 is 17.0 Å². The predicted octanol–water partition coefficient (Wildman–Crippen LogP) is 16.2. The van der Waals surface area contributed by atoms with Crippen molar-refractivity contribution >= 4 is 105 Å². The minimum absolute atomic E-state index is 0.124. The summed E-state index contributed by atoms with van der Waals surface area (Å²) in [5.74, 6) is 0.567. The summed E-state index contributed by atoms with van der Waals surface area (Å²) in [6.07, 6.45) is 11.7. The van der Waals surface area contributed by atoms with Gasteiger partial charge in [0, 0.05) is 0 Å². The van der Waals surface area contributed by atoms with E-state index in [0.717, 1.165) is 38.5 Å². The quantitative estimate of drug-likeness (QED) is 0.0797. The molecular weight excluding hydrogens is 1120 g/mol. The van der Waals surface area contributed by atoms with Crippen LogP contribution in [0, 0.1) is 11.8 Å². The minimum atomic E-state index is -5.92. The number of hydrogen-bond donors (Lipinski definition) is 0. The number of benzene rings is 6. The molecule has 0 saturated heterocycles. The molecular formula is C68H91Cl2Si5Zr. The second kappa shape index (κ2) is 21.0. The molecule has 0 radical (unpaired) electrons. The van der Waals surface area contributed by atoms with Crippen molar-refractivity contribution in [3.8, 4) is 33.4 Å². The molecule has 8 heteroatoms. The normalized spacial score (nSPS) is 18.1.